The van der Waals surface area contributed by atoms with Crippen molar-refractivity contribution in [2.45, 2.75) is 65.4 Å². The summed E-state index contributed by atoms with van der Waals surface area (Å²) >= 11 is 0. The molecule has 1 aromatic carbocycles. The van der Waals surface area contributed by atoms with Crippen molar-refractivity contribution < 1.29 is 22.7 Å². The summed E-state index contributed by atoms with van der Waals surface area (Å²) in [5.41, 5.74) is 3.28. The first-order valence-corrected chi connectivity index (χ1v) is 13.3. The number of carbonyl (C=O) groups is 2. The number of aryl methyl sites for hydroxylation is 1. The van der Waals surface area contributed by atoms with Crippen molar-refractivity contribution >= 4 is 21.9 Å². The lowest BCUT2D eigenvalue weighted by Crippen LogP contribution is -2.45. The van der Waals surface area contributed by atoms with Gasteiger partial charge in [0.25, 0.3) is 0 Å². The fourth-order valence-electron chi connectivity index (χ4n) is 4.75. The summed E-state index contributed by atoms with van der Waals surface area (Å²) in [6.07, 6.45) is 1.19. The van der Waals surface area contributed by atoms with Crippen LogP contribution in [0.3, 0.4) is 0 Å². The molecule has 9 heteroatoms. The summed E-state index contributed by atoms with van der Waals surface area (Å²) in [6, 6.07) is 7.90. The number of hydrogen-bond donors (Lipinski definition) is 1. The highest BCUT2D eigenvalue weighted by atomic mass is 32.2. The van der Waals surface area contributed by atoms with Crippen LogP contribution in [0, 0.1) is 26.7 Å². The molecule has 3 rings (SSSR count). The molecule has 1 aliphatic heterocycles. The predicted molar refractivity (Wildman–Crippen MR) is 130 cm³/mol. The van der Waals surface area contributed by atoms with Crippen LogP contribution in [0.2, 0.25) is 0 Å². The molecule has 0 bridgehead atoms. The molecule has 2 aromatic rings. The second-order valence-electron chi connectivity index (χ2n) is 8.75. The van der Waals surface area contributed by atoms with Gasteiger partial charge in [0.05, 0.1) is 12.5 Å². The number of rotatable bonds is 8. The van der Waals surface area contributed by atoms with Crippen LogP contribution < -0.4 is 5.32 Å². The van der Waals surface area contributed by atoms with Gasteiger partial charge in [-0.25, -0.2) is 13.2 Å². The lowest BCUT2D eigenvalue weighted by molar-refractivity contribution is -0.126. The van der Waals surface area contributed by atoms with Crippen molar-refractivity contribution in [1.29, 1.82) is 0 Å². The Bertz CT molecular complexity index is 1170. The fourth-order valence-corrected chi connectivity index (χ4v) is 6.72. The standard InChI is InChI=1S/C25H35N3O5S/c1-6-28-18(4)22(25(30)33-7-2)23(19(28)5)34(31,32)27-13-9-12-21(16-27)24(29)26-15-20-11-8-10-17(3)14-20/h8,10-11,14,21H,6-7,9,12-13,15-16H2,1-5H3,(H,26,29)/t21-/m0/s1. The van der Waals surface area contributed by atoms with E-state index < -0.39 is 21.9 Å². The van der Waals surface area contributed by atoms with Crippen LogP contribution in [0.5, 0.6) is 0 Å². The average molecular weight is 490 g/mol. The minimum Gasteiger partial charge on any atom is -0.462 e. The number of piperidine rings is 1. The normalized spacial score (nSPS) is 16.9. The number of benzene rings is 1. The number of nitrogens with zero attached hydrogens (tertiary/aromatic N) is 2. The van der Waals surface area contributed by atoms with Crippen molar-refractivity contribution in [3.05, 3.63) is 52.3 Å². The van der Waals surface area contributed by atoms with E-state index in [-0.39, 0.29) is 29.5 Å². The molecule has 0 spiro atoms. The van der Waals surface area contributed by atoms with Gasteiger partial charge in [-0.3, -0.25) is 4.79 Å². The Morgan fingerprint density at radius 2 is 1.88 bits per heavy atom. The van der Waals surface area contributed by atoms with Gasteiger partial charge in [-0.2, -0.15) is 4.31 Å². The maximum absolute atomic E-state index is 13.8. The average Bonchev–Trinajstić information content (AvgIpc) is 3.07. The van der Waals surface area contributed by atoms with Crippen molar-refractivity contribution in [3.63, 3.8) is 0 Å². The largest absolute Gasteiger partial charge is 0.462 e. The zero-order chi connectivity index (χ0) is 25.0. The number of amides is 1. The van der Waals surface area contributed by atoms with Gasteiger partial charge in [0.15, 0.2) is 0 Å². The number of sulfonamides is 1. The molecule has 186 valence electrons. The minimum absolute atomic E-state index is 0.00822. The van der Waals surface area contributed by atoms with Crippen LogP contribution in [-0.4, -0.2) is 48.9 Å². The number of ether oxygens (including phenoxy) is 1. The monoisotopic (exact) mass is 489 g/mol. The lowest BCUT2D eigenvalue weighted by atomic mass is 9.98. The van der Waals surface area contributed by atoms with Gasteiger partial charge in [0.1, 0.15) is 10.5 Å². The van der Waals surface area contributed by atoms with E-state index in [1.54, 1.807) is 20.8 Å². The summed E-state index contributed by atoms with van der Waals surface area (Å²) in [6.45, 7) is 10.5. The van der Waals surface area contributed by atoms with Gasteiger partial charge in [0.2, 0.25) is 15.9 Å². The van der Waals surface area contributed by atoms with Gasteiger partial charge in [0, 0.05) is 37.6 Å². The molecule has 8 nitrogen and oxygen atoms in total. The molecule has 1 amide bonds. The Kier molecular flexibility index (Phi) is 8.20. The second-order valence-corrected chi connectivity index (χ2v) is 10.6. The fraction of sp³-hybridized carbons (Fsp3) is 0.520. The molecule has 0 saturated carbocycles. The minimum atomic E-state index is -4.01. The molecule has 0 aliphatic carbocycles. The van der Waals surface area contributed by atoms with Crippen LogP contribution in [0.15, 0.2) is 29.2 Å². The highest BCUT2D eigenvalue weighted by Gasteiger charge is 2.39. The SMILES string of the molecule is CCOC(=O)c1c(S(=O)(=O)N2CCC[C@H](C(=O)NCc3cccc(C)c3)C2)c(C)n(CC)c1C. The summed E-state index contributed by atoms with van der Waals surface area (Å²) in [4.78, 5) is 25.6. The van der Waals surface area contributed by atoms with Crippen LogP contribution in [-0.2, 0) is 32.6 Å². The summed E-state index contributed by atoms with van der Waals surface area (Å²) in [7, 11) is -4.01. The number of nitrogens with one attached hydrogen (secondary N) is 1. The first-order valence-electron chi connectivity index (χ1n) is 11.8. The third-order valence-corrected chi connectivity index (χ3v) is 8.45. The molecular weight excluding hydrogens is 454 g/mol. The highest BCUT2D eigenvalue weighted by Crippen LogP contribution is 2.32. The maximum atomic E-state index is 13.8. The summed E-state index contributed by atoms with van der Waals surface area (Å²) in [5, 5.41) is 2.95. The topological polar surface area (TPSA) is 97.7 Å². The molecule has 2 heterocycles. The first kappa shape index (κ1) is 26.0. The molecule has 1 fully saturated rings. The van der Waals surface area contributed by atoms with Crippen molar-refractivity contribution in [3.8, 4) is 0 Å². The number of esters is 1. The van der Waals surface area contributed by atoms with Crippen LogP contribution in [0.25, 0.3) is 0 Å². The smallest absolute Gasteiger partial charge is 0.341 e. The van der Waals surface area contributed by atoms with Gasteiger partial charge in [-0.1, -0.05) is 29.8 Å². The van der Waals surface area contributed by atoms with Crippen molar-refractivity contribution in [2.24, 2.45) is 5.92 Å². The Morgan fingerprint density at radius 1 is 1.15 bits per heavy atom. The summed E-state index contributed by atoms with van der Waals surface area (Å²) < 4.78 is 35.9. The Balaban J connectivity index is 1.84. The zero-order valence-electron chi connectivity index (χ0n) is 20.7. The lowest BCUT2D eigenvalue weighted by Gasteiger charge is -2.31. The van der Waals surface area contributed by atoms with E-state index in [1.807, 2.05) is 42.7 Å². The van der Waals surface area contributed by atoms with Crippen LogP contribution in [0.1, 0.15) is 59.6 Å². The number of carbonyl (C=O) groups excluding carboxylic acids is 2. The molecule has 0 radical (unpaired) electrons. The van der Waals surface area contributed by atoms with E-state index in [0.717, 1.165) is 11.1 Å². The molecule has 1 aromatic heterocycles. The molecule has 34 heavy (non-hydrogen) atoms. The van der Waals surface area contributed by atoms with E-state index in [9.17, 15) is 18.0 Å². The van der Waals surface area contributed by atoms with Gasteiger partial charge < -0.3 is 14.6 Å². The molecule has 1 aliphatic rings. The summed E-state index contributed by atoms with van der Waals surface area (Å²) in [5.74, 6) is -1.25. The Morgan fingerprint density at radius 3 is 2.53 bits per heavy atom. The third kappa shape index (κ3) is 5.20. The quantitative estimate of drug-likeness (QED) is 0.574. The van der Waals surface area contributed by atoms with Crippen molar-refractivity contribution in [2.75, 3.05) is 19.7 Å². The van der Waals surface area contributed by atoms with E-state index in [0.29, 0.717) is 43.9 Å². The third-order valence-electron chi connectivity index (χ3n) is 6.43. The zero-order valence-corrected chi connectivity index (χ0v) is 21.5. The Hall–Kier alpha value is -2.65. The van der Waals surface area contributed by atoms with Crippen LogP contribution in [0.4, 0.5) is 0 Å². The second kappa shape index (κ2) is 10.7. The van der Waals surface area contributed by atoms with Gasteiger partial charge >= 0.3 is 5.97 Å². The number of aromatic nitrogens is 1. The van der Waals surface area contributed by atoms with Gasteiger partial charge in [-0.15, -0.1) is 0 Å². The van der Waals surface area contributed by atoms with Gasteiger partial charge in [-0.05, 0) is 53.0 Å². The first-order chi connectivity index (χ1) is 16.1. The maximum Gasteiger partial charge on any atom is 0.341 e. The molecule has 0 unspecified atom stereocenters. The van der Waals surface area contributed by atoms with Crippen LogP contribution >= 0.6 is 0 Å². The van der Waals surface area contributed by atoms with E-state index in [2.05, 4.69) is 5.32 Å². The highest BCUT2D eigenvalue weighted by molar-refractivity contribution is 7.89. The molecular formula is C25H35N3O5S. The molecule has 1 N–H and O–H groups in total. The van der Waals surface area contributed by atoms with E-state index in [4.69, 9.17) is 4.74 Å². The van der Waals surface area contributed by atoms with E-state index in [1.165, 1.54) is 4.31 Å². The molecule has 1 atom stereocenters. The predicted octanol–water partition coefficient (Wildman–Crippen LogP) is 3.33. The molecule has 1 saturated heterocycles. The number of hydrogen-bond acceptors (Lipinski definition) is 5. The van der Waals surface area contributed by atoms with E-state index >= 15 is 0 Å². The Labute approximate surface area is 202 Å². The van der Waals surface area contributed by atoms with Crippen molar-refractivity contribution in [1.82, 2.24) is 14.2 Å².